The first-order valence-corrected chi connectivity index (χ1v) is 4.56. The van der Waals surface area contributed by atoms with E-state index < -0.39 is 41.9 Å². The summed E-state index contributed by atoms with van der Waals surface area (Å²) in [6.07, 6.45) is -23.4. The molecule has 0 aromatic carbocycles. The first-order valence-electron chi connectivity index (χ1n) is 4.56. The summed E-state index contributed by atoms with van der Waals surface area (Å²) in [6, 6.07) is 0. The average molecular weight is 520 g/mol. The van der Waals surface area contributed by atoms with Gasteiger partial charge in [0, 0.05) is 0 Å². The van der Waals surface area contributed by atoms with Gasteiger partial charge in [-0.25, -0.2) is 0 Å². The number of aliphatic hydroxyl groups is 1. The predicted molar refractivity (Wildman–Crippen MR) is 45.1 cm³/mol. The van der Waals surface area contributed by atoms with Crippen LogP contribution in [0.1, 0.15) is 0 Å². The molecule has 0 spiro atoms. The number of hydrogen-bond acceptors (Lipinski definition) is 1. The molecule has 0 atom stereocenters. The maximum atomic E-state index is 12.7. The van der Waals surface area contributed by atoms with Gasteiger partial charge in [-0.3, -0.25) is 0 Å². The fourth-order valence-corrected chi connectivity index (χ4v) is 1.21. The molecule has 1 N–H and O–H groups in total. The van der Waals surface area contributed by atoms with E-state index in [0.717, 1.165) is 0 Å². The van der Waals surface area contributed by atoms with Crippen LogP contribution in [0.2, 0.25) is 0 Å². The van der Waals surface area contributed by atoms with Crippen molar-refractivity contribution in [1.82, 2.24) is 0 Å². The summed E-state index contributed by atoms with van der Waals surface area (Å²) in [5, 5.41) is 8.19. The van der Waals surface area contributed by atoms with Crippen molar-refractivity contribution in [1.29, 1.82) is 0 Å². The van der Waals surface area contributed by atoms with Gasteiger partial charge in [0.1, 0.15) is 0 Å². The minimum absolute atomic E-state index is 0. The van der Waals surface area contributed by atoms with Crippen molar-refractivity contribution >= 4 is 68.9 Å². The zero-order valence-electron chi connectivity index (χ0n) is 9.62. The second kappa shape index (κ2) is 6.84. The van der Waals surface area contributed by atoms with E-state index in [4.69, 9.17) is 5.11 Å². The van der Waals surface area contributed by atoms with Crippen LogP contribution in [-0.4, -0.2) is 116 Å². The summed E-state index contributed by atoms with van der Waals surface area (Å²) in [5.41, 5.74) is -8.23. The molecule has 1 nitrogen and oxygen atoms in total. The van der Waals surface area contributed by atoms with Crippen molar-refractivity contribution < 1.29 is 71.0 Å². The SMILES string of the molecule is OC(C(F)(F)C(F)(F)F)(C(F)(F)C(F)(F)F)C(F)(F)C(F)(F)F.[CsH]. The van der Waals surface area contributed by atoms with Crippen LogP contribution in [0.4, 0.5) is 65.9 Å². The quantitative estimate of drug-likeness (QED) is 0.564. The molecule has 0 unspecified atom stereocenters. The van der Waals surface area contributed by atoms with E-state index in [9.17, 15) is 65.9 Å². The van der Waals surface area contributed by atoms with E-state index in [1.54, 1.807) is 0 Å². The summed E-state index contributed by atoms with van der Waals surface area (Å²) in [6.45, 7) is 0. The Labute approximate surface area is 180 Å². The Morgan fingerprint density at radius 2 is 0.500 bits per heavy atom. The maximum absolute atomic E-state index is 12.7. The van der Waals surface area contributed by atoms with Gasteiger partial charge in [0.25, 0.3) is 5.60 Å². The molecule has 0 rings (SSSR count). The van der Waals surface area contributed by atoms with Crippen LogP contribution in [0.5, 0.6) is 0 Å². The molecule has 24 heavy (non-hydrogen) atoms. The first kappa shape index (κ1) is 27.2. The molecule has 0 radical (unpaired) electrons. The Hall–Kier alpha value is 0.962. The van der Waals surface area contributed by atoms with Crippen LogP contribution >= 0.6 is 0 Å². The number of alkyl halides is 15. The monoisotopic (exact) mass is 520 g/mol. The molecular weight excluding hydrogens is 518 g/mol. The minimum atomic E-state index is -8.23. The molecule has 0 aromatic rings. The van der Waals surface area contributed by atoms with E-state index in [1.807, 2.05) is 0 Å². The summed E-state index contributed by atoms with van der Waals surface area (Å²) < 4.78 is 183. The zero-order chi connectivity index (χ0) is 19.5. The normalized spacial score (nSPS) is 16.0. The number of hydrogen-bond donors (Lipinski definition) is 1. The van der Waals surface area contributed by atoms with Crippen LogP contribution in [0.3, 0.4) is 0 Å². The van der Waals surface area contributed by atoms with Gasteiger partial charge >= 0.3 is 105 Å². The summed E-state index contributed by atoms with van der Waals surface area (Å²) in [4.78, 5) is 0. The standard InChI is InChI=1S/C7HF15O.Cs.H/c8-2(9,5(14,15)16)1(23,3(10,11)6(17,18)19)4(12,13)7(20,21)22;;/h23H;;. The van der Waals surface area contributed by atoms with Crippen LogP contribution in [0.15, 0.2) is 0 Å². The van der Waals surface area contributed by atoms with E-state index in [-0.39, 0.29) is 68.9 Å². The molecule has 0 bridgehead atoms. The second-order valence-corrected chi connectivity index (χ2v) is 3.93. The van der Waals surface area contributed by atoms with Crippen molar-refractivity contribution in [2.24, 2.45) is 0 Å². The van der Waals surface area contributed by atoms with Gasteiger partial charge in [0.05, 0.1) is 0 Å². The van der Waals surface area contributed by atoms with Crippen LogP contribution in [0, 0.1) is 0 Å². The first-order chi connectivity index (χ1) is 9.50. The van der Waals surface area contributed by atoms with Crippen LogP contribution in [-0.2, 0) is 0 Å². The van der Waals surface area contributed by atoms with Gasteiger partial charge in [0.15, 0.2) is 0 Å². The van der Waals surface area contributed by atoms with Gasteiger partial charge in [-0.15, -0.1) is 0 Å². The van der Waals surface area contributed by atoms with Crippen molar-refractivity contribution in [2.45, 2.75) is 41.9 Å². The Bertz CT molecular complexity index is 378. The fraction of sp³-hybridized carbons (Fsp3) is 1.00. The van der Waals surface area contributed by atoms with Gasteiger partial charge in [-0.05, 0) is 0 Å². The summed E-state index contributed by atoms with van der Waals surface area (Å²) >= 11 is 0. The summed E-state index contributed by atoms with van der Waals surface area (Å²) in [7, 11) is 0. The topological polar surface area (TPSA) is 20.2 Å². The van der Waals surface area contributed by atoms with Gasteiger partial charge in [-0.2, -0.15) is 65.9 Å². The molecule has 0 fully saturated rings. The van der Waals surface area contributed by atoms with E-state index in [0.29, 0.717) is 0 Å². The molecule has 0 heterocycles. The van der Waals surface area contributed by atoms with Gasteiger partial charge in [-0.1, -0.05) is 0 Å². The molecule has 0 saturated carbocycles. The average Bonchev–Trinajstić information content (AvgIpc) is 2.22. The van der Waals surface area contributed by atoms with Crippen molar-refractivity contribution in [3.8, 4) is 0 Å². The molecule has 0 saturated heterocycles. The third kappa shape index (κ3) is 3.67. The third-order valence-electron chi connectivity index (χ3n) is 2.43. The fourth-order valence-electron chi connectivity index (χ4n) is 1.21. The molecule has 0 aliphatic carbocycles. The molecule has 142 valence electrons. The molecular formula is C7H2CsF15O. The summed E-state index contributed by atoms with van der Waals surface area (Å²) in [5.74, 6) is -24.6. The van der Waals surface area contributed by atoms with Crippen LogP contribution in [0.25, 0.3) is 0 Å². The number of halogens is 15. The van der Waals surface area contributed by atoms with E-state index in [2.05, 4.69) is 0 Å². The molecule has 0 amide bonds. The predicted octanol–water partition coefficient (Wildman–Crippen LogP) is 3.66. The molecule has 0 aliphatic heterocycles. The second-order valence-electron chi connectivity index (χ2n) is 3.93. The van der Waals surface area contributed by atoms with Crippen LogP contribution < -0.4 is 0 Å². The Kier molecular flexibility index (Phi) is 7.75. The van der Waals surface area contributed by atoms with E-state index in [1.165, 1.54) is 0 Å². The Morgan fingerprint density at radius 3 is 0.583 bits per heavy atom. The van der Waals surface area contributed by atoms with Crippen molar-refractivity contribution in [2.75, 3.05) is 0 Å². The Balaban J connectivity index is 0. The number of rotatable bonds is 3. The van der Waals surface area contributed by atoms with Crippen molar-refractivity contribution in [3.05, 3.63) is 0 Å². The zero-order valence-corrected chi connectivity index (χ0v) is 9.62. The van der Waals surface area contributed by atoms with E-state index >= 15 is 0 Å². The van der Waals surface area contributed by atoms with Gasteiger partial charge in [0.2, 0.25) is 0 Å². The molecule has 0 aliphatic rings. The van der Waals surface area contributed by atoms with Gasteiger partial charge < -0.3 is 5.11 Å². The molecule has 0 aromatic heterocycles. The third-order valence-corrected chi connectivity index (χ3v) is 2.43. The molecule has 17 heteroatoms. The van der Waals surface area contributed by atoms with Crippen molar-refractivity contribution in [3.63, 3.8) is 0 Å². The Morgan fingerprint density at radius 1 is 0.375 bits per heavy atom.